The van der Waals surface area contributed by atoms with Gasteiger partial charge in [0, 0.05) is 11.8 Å². The fourth-order valence-corrected chi connectivity index (χ4v) is 0.795. The van der Waals surface area contributed by atoms with Gasteiger partial charge >= 0.3 is 5.97 Å². The molecule has 0 unspecified atom stereocenters. The molecule has 0 rings (SSSR count). The Kier molecular flexibility index (Phi) is 4.84. The lowest BCUT2D eigenvalue weighted by molar-refractivity contribution is -0.154. The van der Waals surface area contributed by atoms with Crippen molar-refractivity contribution < 1.29 is 14.3 Å². The van der Waals surface area contributed by atoms with Gasteiger partial charge in [0.05, 0.1) is 0 Å². The molecule has 0 atom stereocenters. The van der Waals surface area contributed by atoms with Crippen LogP contribution in [0.2, 0.25) is 0 Å². The maximum atomic E-state index is 11.2. The molecular weight excluding hydrogens is 196 g/mol. The number of nitrogens with one attached hydrogen (secondary N) is 1. The zero-order valence-corrected chi connectivity index (χ0v) is 9.59. The number of esters is 1. The third-order valence-electron chi connectivity index (χ3n) is 1.19. The van der Waals surface area contributed by atoms with E-state index in [2.05, 4.69) is 5.32 Å². The van der Waals surface area contributed by atoms with Crippen molar-refractivity contribution in [3.05, 3.63) is 11.8 Å². The zero-order chi connectivity index (χ0) is 12.1. The van der Waals surface area contributed by atoms with Crippen molar-refractivity contribution in [3.8, 4) is 0 Å². The average molecular weight is 214 g/mol. The highest BCUT2D eigenvalue weighted by atomic mass is 16.6. The molecule has 5 nitrogen and oxygen atoms in total. The molecule has 15 heavy (non-hydrogen) atoms. The molecule has 86 valence electrons. The van der Waals surface area contributed by atoms with E-state index in [1.165, 1.54) is 6.08 Å². The number of nitrogens with two attached hydrogens (primary N) is 1. The van der Waals surface area contributed by atoms with Crippen LogP contribution in [0.5, 0.6) is 0 Å². The normalized spacial score (nSPS) is 12.1. The number of allylic oxidation sites excluding steroid dienone is 1. The van der Waals surface area contributed by atoms with Gasteiger partial charge in [-0.05, 0) is 27.7 Å². The molecule has 0 aliphatic rings. The Balaban J connectivity index is 3.92. The zero-order valence-electron chi connectivity index (χ0n) is 9.59. The van der Waals surface area contributed by atoms with Crippen LogP contribution in [0, 0.1) is 0 Å². The highest BCUT2D eigenvalue weighted by Crippen LogP contribution is 2.05. The van der Waals surface area contributed by atoms with E-state index in [-0.39, 0.29) is 6.54 Å². The van der Waals surface area contributed by atoms with Gasteiger partial charge in [0.15, 0.2) is 0 Å². The molecule has 0 heterocycles. The third kappa shape index (κ3) is 8.80. The molecule has 3 N–H and O–H groups in total. The van der Waals surface area contributed by atoms with Crippen LogP contribution in [0.3, 0.4) is 0 Å². The summed E-state index contributed by atoms with van der Waals surface area (Å²) in [4.78, 5) is 22.2. The van der Waals surface area contributed by atoms with Gasteiger partial charge in [0.2, 0.25) is 5.91 Å². The first kappa shape index (κ1) is 13.5. The van der Waals surface area contributed by atoms with Gasteiger partial charge < -0.3 is 15.8 Å². The largest absolute Gasteiger partial charge is 0.459 e. The second kappa shape index (κ2) is 5.38. The minimum absolute atomic E-state index is 0.153. The molecule has 0 spiro atoms. The summed E-state index contributed by atoms with van der Waals surface area (Å²) in [6.45, 7) is 6.72. The van der Waals surface area contributed by atoms with Crippen LogP contribution in [-0.4, -0.2) is 24.0 Å². The number of hydrogen-bond acceptors (Lipinski definition) is 4. The SMILES string of the molecule is C/C(N)=C/C(=O)NCC(=O)OC(C)(C)C. The predicted molar refractivity (Wildman–Crippen MR) is 56.8 cm³/mol. The van der Waals surface area contributed by atoms with E-state index in [0.29, 0.717) is 5.70 Å². The maximum absolute atomic E-state index is 11.2. The van der Waals surface area contributed by atoms with Crippen molar-refractivity contribution >= 4 is 11.9 Å². The van der Waals surface area contributed by atoms with Crippen LogP contribution in [0.15, 0.2) is 11.8 Å². The Hall–Kier alpha value is -1.52. The first-order valence-corrected chi connectivity index (χ1v) is 4.64. The molecule has 0 aromatic heterocycles. The topological polar surface area (TPSA) is 81.4 Å². The molecule has 0 radical (unpaired) electrons. The van der Waals surface area contributed by atoms with E-state index in [1.54, 1.807) is 27.7 Å². The fraction of sp³-hybridized carbons (Fsp3) is 0.600. The molecule has 0 fully saturated rings. The van der Waals surface area contributed by atoms with Crippen LogP contribution in [0.4, 0.5) is 0 Å². The lowest BCUT2D eigenvalue weighted by Crippen LogP contribution is -2.34. The van der Waals surface area contributed by atoms with Gasteiger partial charge in [0.1, 0.15) is 12.1 Å². The second-order valence-corrected chi connectivity index (χ2v) is 4.19. The quantitative estimate of drug-likeness (QED) is 0.523. The number of amides is 1. The van der Waals surface area contributed by atoms with Crippen molar-refractivity contribution in [2.75, 3.05) is 6.54 Å². The Morgan fingerprint density at radius 2 is 1.93 bits per heavy atom. The van der Waals surface area contributed by atoms with E-state index in [9.17, 15) is 9.59 Å². The molecule has 0 bridgehead atoms. The third-order valence-corrected chi connectivity index (χ3v) is 1.19. The minimum atomic E-state index is -0.540. The predicted octanol–water partition coefficient (Wildman–Crippen LogP) is 0.307. The lowest BCUT2D eigenvalue weighted by Gasteiger charge is -2.19. The van der Waals surface area contributed by atoms with E-state index in [0.717, 1.165) is 0 Å². The van der Waals surface area contributed by atoms with E-state index < -0.39 is 17.5 Å². The molecule has 0 aliphatic carbocycles. The highest BCUT2D eigenvalue weighted by molar-refractivity contribution is 5.90. The molecular formula is C10H18N2O3. The van der Waals surface area contributed by atoms with Gasteiger partial charge in [-0.2, -0.15) is 0 Å². The summed E-state index contributed by atoms with van der Waals surface area (Å²) in [6.07, 6.45) is 1.21. The Morgan fingerprint density at radius 3 is 2.33 bits per heavy atom. The first-order chi connectivity index (χ1) is 6.70. The van der Waals surface area contributed by atoms with Crippen LogP contribution in [0.25, 0.3) is 0 Å². The van der Waals surface area contributed by atoms with Crippen LogP contribution >= 0.6 is 0 Å². The highest BCUT2D eigenvalue weighted by Gasteiger charge is 2.16. The number of carbonyl (C=O) groups is 2. The second-order valence-electron chi connectivity index (χ2n) is 4.19. The van der Waals surface area contributed by atoms with Gasteiger partial charge in [-0.25, -0.2) is 0 Å². The molecule has 0 aromatic carbocycles. The van der Waals surface area contributed by atoms with E-state index in [1.807, 2.05) is 0 Å². The molecule has 0 aliphatic heterocycles. The summed E-state index contributed by atoms with van der Waals surface area (Å²) in [5, 5.41) is 2.37. The molecule has 5 heteroatoms. The number of ether oxygens (including phenoxy) is 1. The average Bonchev–Trinajstić information content (AvgIpc) is 1.96. The van der Waals surface area contributed by atoms with Crippen molar-refractivity contribution in [1.29, 1.82) is 0 Å². The summed E-state index contributed by atoms with van der Waals surface area (Å²) in [6, 6.07) is 0. The Bertz CT molecular complexity index is 273. The van der Waals surface area contributed by atoms with Crippen LogP contribution in [0.1, 0.15) is 27.7 Å². The number of rotatable bonds is 3. The van der Waals surface area contributed by atoms with Crippen molar-refractivity contribution in [2.24, 2.45) is 5.73 Å². The van der Waals surface area contributed by atoms with Crippen LogP contribution in [-0.2, 0) is 14.3 Å². The van der Waals surface area contributed by atoms with Crippen molar-refractivity contribution in [2.45, 2.75) is 33.3 Å². The Labute approximate surface area is 89.7 Å². The summed E-state index contributed by atoms with van der Waals surface area (Å²) < 4.78 is 4.99. The first-order valence-electron chi connectivity index (χ1n) is 4.64. The summed E-state index contributed by atoms with van der Waals surface area (Å²) in [5.41, 5.74) is 5.13. The number of carbonyl (C=O) groups excluding carboxylic acids is 2. The van der Waals surface area contributed by atoms with E-state index in [4.69, 9.17) is 10.5 Å². The summed E-state index contributed by atoms with van der Waals surface area (Å²) >= 11 is 0. The van der Waals surface area contributed by atoms with Gasteiger partial charge in [-0.1, -0.05) is 0 Å². The molecule has 0 aromatic rings. The van der Waals surface area contributed by atoms with Gasteiger partial charge in [0.25, 0.3) is 0 Å². The monoisotopic (exact) mass is 214 g/mol. The van der Waals surface area contributed by atoms with Gasteiger partial charge in [-0.3, -0.25) is 9.59 Å². The Morgan fingerprint density at radius 1 is 1.40 bits per heavy atom. The smallest absolute Gasteiger partial charge is 0.325 e. The molecule has 0 saturated heterocycles. The van der Waals surface area contributed by atoms with Crippen molar-refractivity contribution in [1.82, 2.24) is 5.32 Å². The van der Waals surface area contributed by atoms with Gasteiger partial charge in [-0.15, -0.1) is 0 Å². The lowest BCUT2D eigenvalue weighted by atomic mass is 10.2. The fourth-order valence-electron chi connectivity index (χ4n) is 0.795. The summed E-state index contributed by atoms with van der Waals surface area (Å²) in [5.74, 6) is -0.875. The van der Waals surface area contributed by atoms with Crippen LogP contribution < -0.4 is 11.1 Å². The molecule has 1 amide bonds. The maximum Gasteiger partial charge on any atom is 0.325 e. The van der Waals surface area contributed by atoms with E-state index >= 15 is 0 Å². The standard InChI is InChI=1S/C10H18N2O3/c1-7(11)5-8(13)12-6-9(14)15-10(2,3)4/h5H,6,11H2,1-4H3,(H,12,13)/b7-5-. The summed E-state index contributed by atoms with van der Waals surface area (Å²) in [7, 11) is 0. The molecule has 0 saturated carbocycles. The number of hydrogen-bond donors (Lipinski definition) is 2. The minimum Gasteiger partial charge on any atom is -0.459 e. The van der Waals surface area contributed by atoms with Crippen molar-refractivity contribution in [3.63, 3.8) is 0 Å².